The summed E-state index contributed by atoms with van der Waals surface area (Å²) >= 11 is 0. The summed E-state index contributed by atoms with van der Waals surface area (Å²) in [6.45, 7) is 2.91. The van der Waals surface area contributed by atoms with E-state index in [4.69, 9.17) is 4.42 Å². The van der Waals surface area contributed by atoms with Gasteiger partial charge in [-0.05, 0) is 36.8 Å². The van der Waals surface area contributed by atoms with Crippen LogP contribution >= 0.6 is 0 Å². The zero-order valence-electron chi connectivity index (χ0n) is 8.68. The van der Waals surface area contributed by atoms with Gasteiger partial charge in [0.1, 0.15) is 5.76 Å². The van der Waals surface area contributed by atoms with Gasteiger partial charge in [0.2, 0.25) is 0 Å². The second-order valence-electron chi connectivity index (χ2n) is 3.47. The summed E-state index contributed by atoms with van der Waals surface area (Å²) < 4.78 is 5.31. The smallest absolute Gasteiger partial charge is 0.120 e. The Bertz CT molecular complexity index is 383. The molecule has 0 unspecified atom stereocenters. The lowest BCUT2D eigenvalue weighted by Gasteiger charge is -2.10. The number of hydrogen-bond donors (Lipinski definition) is 1. The van der Waals surface area contributed by atoms with Gasteiger partial charge in [0.25, 0.3) is 0 Å². The Morgan fingerprint density at radius 3 is 2.80 bits per heavy atom. The molecule has 1 N–H and O–H groups in total. The van der Waals surface area contributed by atoms with Gasteiger partial charge in [-0.2, -0.15) is 0 Å². The van der Waals surface area contributed by atoms with Crippen LogP contribution in [0, 0.1) is 0 Å². The zero-order valence-corrected chi connectivity index (χ0v) is 8.68. The molecule has 3 nitrogen and oxygen atoms in total. The first-order valence-corrected chi connectivity index (χ1v) is 5.02. The lowest BCUT2D eigenvalue weighted by Crippen LogP contribution is -2.17. The highest BCUT2D eigenvalue weighted by Gasteiger charge is 2.06. The van der Waals surface area contributed by atoms with E-state index < -0.39 is 0 Å². The lowest BCUT2D eigenvalue weighted by atomic mass is 10.2. The number of furan rings is 1. The molecule has 0 saturated carbocycles. The lowest BCUT2D eigenvalue weighted by molar-refractivity contribution is 0.430. The third-order valence-electron chi connectivity index (χ3n) is 2.33. The molecule has 0 aliphatic rings. The number of hydrogen-bond acceptors (Lipinski definition) is 3. The van der Waals surface area contributed by atoms with Gasteiger partial charge in [-0.15, -0.1) is 0 Å². The molecule has 0 aliphatic carbocycles. The van der Waals surface area contributed by atoms with Crippen LogP contribution in [0.1, 0.15) is 24.3 Å². The van der Waals surface area contributed by atoms with Gasteiger partial charge in [-0.25, -0.2) is 0 Å². The number of pyridine rings is 1. The zero-order chi connectivity index (χ0) is 10.5. The molecule has 2 rings (SSSR count). The highest BCUT2D eigenvalue weighted by atomic mass is 16.3. The van der Waals surface area contributed by atoms with Crippen molar-refractivity contribution in [3.8, 4) is 0 Å². The Hall–Kier alpha value is -1.61. The van der Waals surface area contributed by atoms with Crippen molar-refractivity contribution >= 4 is 0 Å². The molecule has 0 radical (unpaired) electrons. The Morgan fingerprint density at radius 2 is 2.13 bits per heavy atom. The minimum Gasteiger partial charge on any atom is -0.468 e. The highest BCUT2D eigenvalue weighted by Crippen LogP contribution is 2.12. The minimum absolute atomic E-state index is 0.230. The Kier molecular flexibility index (Phi) is 3.15. The van der Waals surface area contributed by atoms with Crippen LogP contribution in [0.2, 0.25) is 0 Å². The molecule has 3 heteroatoms. The molecule has 0 amide bonds. The summed E-state index contributed by atoms with van der Waals surface area (Å²) in [5.41, 5.74) is 1.23. The standard InChI is InChI=1S/C12H14N2O/c1-10(12-3-2-8-15-12)14-9-11-4-6-13-7-5-11/h2-8,10,14H,9H2,1H3/t10-/m1/s1. The van der Waals surface area contributed by atoms with Crippen molar-refractivity contribution < 1.29 is 4.42 Å². The van der Waals surface area contributed by atoms with Crippen molar-refractivity contribution in [3.05, 3.63) is 54.2 Å². The summed E-state index contributed by atoms with van der Waals surface area (Å²) in [7, 11) is 0. The van der Waals surface area contributed by atoms with Gasteiger partial charge in [0.05, 0.1) is 12.3 Å². The maximum Gasteiger partial charge on any atom is 0.120 e. The van der Waals surface area contributed by atoms with Crippen LogP contribution < -0.4 is 5.32 Å². The van der Waals surface area contributed by atoms with Crippen molar-refractivity contribution in [2.75, 3.05) is 0 Å². The fourth-order valence-corrected chi connectivity index (χ4v) is 1.41. The molecule has 0 aliphatic heterocycles. The van der Waals surface area contributed by atoms with E-state index in [1.165, 1.54) is 5.56 Å². The van der Waals surface area contributed by atoms with Crippen molar-refractivity contribution in [2.45, 2.75) is 19.5 Å². The summed E-state index contributed by atoms with van der Waals surface area (Å²) in [5.74, 6) is 0.962. The minimum atomic E-state index is 0.230. The quantitative estimate of drug-likeness (QED) is 0.827. The summed E-state index contributed by atoms with van der Waals surface area (Å²) in [6, 6.07) is 8.11. The maximum atomic E-state index is 5.31. The second-order valence-corrected chi connectivity index (χ2v) is 3.47. The molecule has 2 heterocycles. The molecule has 2 aromatic rings. The number of rotatable bonds is 4. The van der Waals surface area contributed by atoms with E-state index in [0.29, 0.717) is 0 Å². The number of nitrogens with one attached hydrogen (secondary N) is 1. The molecule has 0 spiro atoms. The van der Waals surface area contributed by atoms with Crippen molar-refractivity contribution in [2.24, 2.45) is 0 Å². The number of aromatic nitrogens is 1. The average Bonchev–Trinajstić information content (AvgIpc) is 2.81. The average molecular weight is 202 g/mol. The normalized spacial score (nSPS) is 12.6. The number of nitrogens with zero attached hydrogens (tertiary/aromatic N) is 1. The molecule has 2 aromatic heterocycles. The van der Waals surface area contributed by atoms with Gasteiger partial charge in [0, 0.05) is 18.9 Å². The van der Waals surface area contributed by atoms with Crippen molar-refractivity contribution in [1.29, 1.82) is 0 Å². The van der Waals surface area contributed by atoms with Gasteiger partial charge >= 0.3 is 0 Å². The molecule has 15 heavy (non-hydrogen) atoms. The van der Waals surface area contributed by atoms with Crippen molar-refractivity contribution in [3.63, 3.8) is 0 Å². The Morgan fingerprint density at radius 1 is 1.33 bits per heavy atom. The van der Waals surface area contributed by atoms with Crippen LogP contribution in [0.4, 0.5) is 0 Å². The highest BCUT2D eigenvalue weighted by molar-refractivity contribution is 5.10. The first-order valence-electron chi connectivity index (χ1n) is 5.02. The van der Waals surface area contributed by atoms with Gasteiger partial charge in [-0.3, -0.25) is 4.98 Å². The summed E-state index contributed by atoms with van der Waals surface area (Å²) in [6.07, 6.45) is 5.29. The Balaban J connectivity index is 1.89. The van der Waals surface area contributed by atoms with Gasteiger partial charge < -0.3 is 9.73 Å². The maximum absolute atomic E-state index is 5.31. The molecule has 0 saturated heterocycles. The first-order chi connectivity index (χ1) is 7.36. The molecule has 0 bridgehead atoms. The fourth-order valence-electron chi connectivity index (χ4n) is 1.41. The van der Waals surface area contributed by atoms with Crippen LogP contribution in [0.15, 0.2) is 47.3 Å². The van der Waals surface area contributed by atoms with Crippen LogP contribution in [0.3, 0.4) is 0 Å². The van der Waals surface area contributed by atoms with E-state index >= 15 is 0 Å². The fraction of sp³-hybridized carbons (Fsp3) is 0.250. The topological polar surface area (TPSA) is 38.1 Å². The third-order valence-corrected chi connectivity index (χ3v) is 2.33. The SMILES string of the molecule is C[C@@H](NCc1ccncc1)c1ccco1. The summed E-state index contributed by atoms with van der Waals surface area (Å²) in [4.78, 5) is 3.98. The summed E-state index contributed by atoms with van der Waals surface area (Å²) in [5, 5.41) is 3.38. The monoisotopic (exact) mass is 202 g/mol. The van der Waals surface area contributed by atoms with Gasteiger partial charge in [0.15, 0.2) is 0 Å². The van der Waals surface area contributed by atoms with Crippen LogP contribution in [-0.2, 0) is 6.54 Å². The second kappa shape index (κ2) is 4.75. The van der Waals surface area contributed by atoms with E-state index in [2.05, 4.69) is 17.2 Å². The first kappa shape index (κ1) is 9.93. The molecule has 0 aromatic carbocycles. The van der Waals surface area contributed by atoms with Crippen LogP contribution in [-0.4, -0.2) is 4.98 Å². The van der Waals surface area contributed by atoms with Crippen LogP contribution in [0.25, 0.3) is 0 Å². The van der Waals surface area contributed by atoms with E-state index in [1.807, 2.05) is 24.3 Å². The molecule has 78 valence electrons. The van der Waals surface area contributed by atoms with E-state index in [0.717, 1.165) is 12.3 Å². The molecule has 0 fully saturated rings. The van der Waals surface area contributed by atoms with E-state index in [-0.39, 0.29) is 6.04 Å². The Labute approximate surface area is 89.1 Å². The molecule has 1 atom stereocenters. The molecular weight excluding hydrogens is 188 g/mol. The molecular formula is C12H14N2O. The predicted molar refractivity (Wildman–Crippen MR) is 58.2 cm³/mol. The van der Waals surface area contributed by atoms with Crippen LogP contribution in [0.5, 0.6) is 0 Å². The van der Waals surface area contributed by atoms with E-state index in [1.54, 1.807) is 18.7 Å². The predicted octanol–water partition coefficient (Wildman–Crippen LogP) is 2.53. The van der Waals surface area contributed by atoms with Gasteiger partial charge in [-0.1, -0.05) is 0 Å². The van der Waals surface area contributed by atoms with E-state index in [9.17, 15) is 0 Å². The third kappa shape index (κ3) is 2.67. The largest absolute Gasteiger partial charge is 0.468 e. The van der Waals surface area contributed by atoms with Crippen molar-refractivity contribution in [1.82, 2.24) is 10.3 Å².